The van der Waals surface area contributed by atoms with Crippen LogP contribution in [-0.2, 0) is 16.6 Å². The molecule has 0 aliphatic heterocycles. The summed E-state index contributed by atoms with van der Waals surface area (Å²) in [6.07, 6.45) is 0.875. The van der Waals surface area contributed by atoms with Gasteiger partial charge < -0.3 is 0 Å². The predicted molar refractivity (Wildman–Crippen MR) is 58.3 cm³/mol. The van der Waals surface area contributed by atoms with E-state index in [1.807, 2.05) is 24.4 Å². The molecule has 3 N–H and O–H groups in total. The standard InChI is InChI=1S/C8H14N2O2S2/c1-7(6-10-14(9,11)12)5-8-3-2-4-13-8/h2-4,7,10H,5-6H2,1H3,(H2,9,11,12)/t7-/m0/s1. The predicted octanol–water partition coefficient (Wildman–Crippen LogP) is 0.720. The van der Waals surface area contributed by atoms with Gasteiger partial charge in [-0.25, -0.2) is 9.86 Å². The van der Waals surface area contributed by atoms with Crippen LogP contribution in [-0.4, -0.2) is 15.0 Å². The third kappa shape index (κ3) is 4.71. The highest BCUT2D eigenvalue weighted by Crippen LogP contribution is 2.13. The molecule has 80 valence electrons. The van der Waals surface area contributed by atoms with Crippen LogP contribution in [0.15, 0.2) is 17.5 Å². The Bertz CT molecular complexity index is 359. The Hall–Kier alpha value is -0.430. The first kappa shape index (κ1) is 11.6. The molecule has 0 aromatic carbocycles. The number of nitrogens with one attached hydrogen (secondary N) is 1. The lowest BCUT2D eigenvalue weighted by atomic mass is 10.1. The average Bonchev–Trinajstić information content (AvgIpc) is 2.52. The van der Waals surface area contributed by atoms with Gasteiger partial charge in [0.25, 0.3) is 10.2 Å². The van der Waals surface area contributed by atoms with Gasteiger partial charge >= 0.3 is 0 Å². The number of thiophene rings is 1. The molecule has 1 rings (SSSR count). The fourth-order valence-electron chi connectivity index (χ4n) is 1.10. The van der Waals surface area contributed by atoms with Crippen LogP contribution in [0.4, 0.5) is 0 Å². The Labute approximate surface area is 88.3 Å². The second kappa shape index (κ2) is 4.88. The summed E-state index contributed by atoms with van der Waals surface area (Å²) in [4.78, 5) is 1.26. The van der Waals surface area contributed by atoms with Crippen LogP contribution >= 0.6 is 11.3 Å². The zero-order valence-electron chi connectivity index (χ0n) is 7.93. The smallest absolute Gasteiger partial charge is 0.216 e. The Morgan fingerprint density at radius 1 is 1.64 bits per heavy atom. The number of nitrogens with two attached hydrogens (primary N) is 1. The SMILES string of the molecule is C[C@H](CNS(N)(=O)=O)Cc1cccs1. The molecule has 0 aliphatic carbocycles. The summed E-state index contributed by atoms with van der Waals surface area (Å²) in [5.41, 5.74) is 0. The molecule has 1 aromatic rings. The number of hydrogen-bond acceptors (Lipinski definition) is 3. The maximum absolute atomic E-state index is 10.6. The molecule has 4 nitrogen and oxygen atoms in total. The molecule has 6 heteroatoms. The van der Waals surface area contributed by atoms with Gasteiger partial charge in [0, 0.05) is 11.4 Å². The minimum atomic E-state index is -3.54. The largest absolute Gasteiger partial charge is 0.274 e. The normalized spacial score (nSPS) is 14.1. The minimum absolute atomic E-state index is 0.256. The Balaban J connectivity index is 2.33. The van der Waals surface area contributed by atoms with Gasteiger partial charge in [0.15, 0.2) is 0 Å². The van der Waals surface area contributed by atoms with E-state index in [4.69, 9.17) is 5.14 Å². The van der Waals surface area contributed by atoms with Gasteiger partial charge in [-0.15, -0.1) is 11.3 Å². The summed E-state index contributed by atoms with van der Waals surface area (Å²) >= 11 is 1.68. The maximum atomic E-state index is 10.6. The quantitative estimate of drug-likeness (QED) is 0.788. The van der Waals surface area contributed by atoms with Crippen molar-refractivity contribution in [2.75, 3.05) is 6.54 Å². The van der Waals surface area contributed by atoms with E-state index in [1.54, 1.807) is 11.3 Å². The molecule has 1 aromatic heterocycles. The van der Waals surface area contributed by atoms with E-state index in [0.717, 1.165) is 6.42 Å². The molecule has 0 aliphatic rings. The second-order valence-corrected chi connectivity index (χ2v) is 5.69. The van der Waals surface area contributed by atoms with Gasteiger partial charge in [-0.3, -0.25) is 0 Å². The first-order chi connectivity index (χ1) is 6.47. The third-order valence-corrected chi connectivity index (χ3v) is 3.23. The first-order valence-electron chi connectivity index (χ1n) is 4.27. The summed E-state index contributed by atoms with van der Waals surface area (Å²) in [5.74, 6) is 0.256. The van der Waals surface area contributed by atoms with Gasteiger partial charge in [0.05, 0.1) is 0 Å². The van der Waals surface area contributed by atoms with Gasteiger partial charge in [-0.1, -0.05) is 13.0 Å². The van der Waals surface area contributed by atoms with Crippen molar-refractivity contribution in [1.29, 1.82) is 0 Å². The van der Waals surface area contributed by atoms with Crippen LogP contribution < -0.4 is 9.86 Å². The van der Waals surface area contributed by atoms with Crippen molar-refractivity contribution < 1.29 is 8.42 Å². The lowest BCUT2D eigenvalue weighted by molar-refractivity contribution is 0.540. The van der Waals surface area contributed by atoms with Crippen molar-refractivity contribution in [3.8, 4) is 0 Å². The molecule has 0 fully saturated rings. The summed E-state index contributed by atoms with van der Waals surface area (Å²) in [6, 6.07) is 4.03. The highest BCUT2D eigenvalue weighted by Gasteiger charge is 2.07. The molecular weight excluding hydrogens is 220 g/mol. The van der Waals surface area contributed by atoms with E-state index in [2.05, 4.69) is 4.72 Å². The number of hydrogen-bond donors (Lipinski definition) is 2. The van der Waals surface area contributed by atoms with Crippen LogP contribution in [0.5, 0.6) is 0 Å². The van der Waals surface area contributed by atoms with Crippen molar-refractivity contribution in [3.63, 3.8) is 0 Å². The van der Waals surface area contributed by atoms with E-state index in [-0.39, 0.29) is 5.92 Å². The van der Waals surface area contributed by atoms with Crippen LogP contribution in [0.25, 0.3) is 0 Å². The Kier molecular flexibility index (Phi) is 4.06. The Morgan fingerprint density at radius 2 is 2.36 bits per heavy atom. The molecule has 0 saturated carbocycles. The second-order valence-electron chi connectivity index (χ2n) is 3.28. The first-order valence-corrected chi connectivity index (χ1v) is 6.70. The van der Waals surface area contributed by atoms with Crippen molar-refractivity contribution in [2.45, 2.75) is 13.3 Å². The summed E-state index contributed by atoms with van der Waals surface area (Å²) in [7, 11) is -3.54. The van der Waals surface area contributed by atoms with Crippen molar-refractivity contribution in [2.24, 2.45) is 11.1 Å². The van der Waals surface area contributed by atoms with E-state index in [9.17, 15) is 8.42 Å². The van der Waals surface area contributed by atoms with Gasteiger partial charge in [-0.05, 0) is 23.8 Å². The third-order valence-electron chi connectivity index (χ3n) is 1.76. The van der Waals surface area contributed by atoms with E-state index in [0.29, 0.717) is 6.54 Å². The average molecular weight is 234 g/mol. The number of rotatable bonds is 5. The minimum Gasteiger partial charge on any atom is -0.216 e. The highest BCUT2D eigenvalue weighted by atomic mass is 32.2. The van der Waals surface area contributed by atoms with E-state index < -0.39 is 10.2 Å². The molecule has 1 atom stereocenters. The molecule has 0 bridgehead atoms. The zero-order valence-corrected chi connectivity index (χ0v) is 9.57. The van der Waals surface area contributed by atoms with Crippen LogP contribution in [0.2, 0.25) is 0 Å². The molecule has 0 spiro atoms. The maximum Gasteiger partial charge on any atom is 0.274 e. The van der Waals surface area contributed by atoms with Crippen molar-refractivity contribution >= 4 is 21.5 Å². The van der Waals surface area contributed by atoms with Crippen LogP contribution in [0.3, 0.4) is 0 Å². The molecular formula is C8H14N2O2S2. The topological polar surface area (TPSA) is 72.2 Å². The lowest BCUT2D eigenvalue weighted by Gasteiger charge is -2.09. The lowest BCUT2D eigenvalue weighted by Crippen LogP contribution is -2.34. The molecule has 0 amide bonds. The molecule has 0 radical (unpaired) electrons. The molecule has 0 unspecified atom stereocenters. The molecule has 0 saturated heterocycles. The fraction of sp³-hybridized carbons (Fsp3) is 0.500. The Morgan fingerprint density at radius 3 is 2.86 bits per heavy atom. The highest BCUT2D eigenvalue weighted by molar-refractivity contribution is 7.87. The zero-order chi connectivity index (χ0) is 10.6. The van der Waals surface area contributed by atoms with E-state index >= 15 is 0 Å². The van der Waals surface area contributed by atoms with Gasteiger partial charge in [0.1, 0.15) is 0 Å². The van der Waals surface area contributed by atoms with Crippen molar-refractivity contribution in [1.82, 2.24) is 4.72 Å². The monoisotopic (exact) mass is 234 g/mol. The molecule has 14 heavy (non-hydrogen) atoms. The fourth-order valence-corrected chi connectivity index (χ4v) is 2.49. The van der Waals surface area contributed by atoms with Crippen molar-refractivity contribution in [3.05, 3.63) is 22.4 Å². The van der Waals surface area contributed by atoms with Crippen LogP contribution in [0.1, 0.15) is 11.8 Å². The van der Waals surface area contributed by atoms with Crippen LogP contribution in [0, 0.1) is 5.92 Å². The summed E-state index contributed by atoms with van der Waals surface area (Å²) in [6.45, 7) is 2.37. The summed E-state index contributed by atoms with van der Waals surface area (Å²) < 4.78 is 23.5. The van der Waals surface area contributed by atoms with Gasteiger partial charge in [-0.2, -0.15) is 8.42 Å². The van der Waals surface area contributed by atoms with E-state index in [1.165, 1.54) is 4.88 Å². The summed E-state index contributed by atoms with van der Waals surface area (Å²) in [5, 5.41) is 6.83. The molecule has 1 heterocycles. The van der Waals surface area contributed by atoms with Gasteiger partial charge in [0.2, 0.25) is 0 Å².